The van der Waals surface area contributed by atoms with Crippen molar-refractivity contribution < 1.29 is 23.5 Å². The van der Waals surface area contributed by atoms with Crippen LogP contribution in [0.3, 0.4) is 0 Å². The Labute approximate surface area is 205 Å². The van der Waals surface area contributed by atoms with Gasteiger partial charge in [-0.05, 0) is 42.0 Å². The zero-order valence-corrected chi connectivity index (χ0v) is 19.4. The molecular weight excluding hydrogens is 470 g/mol. The topological polar surface area (TPSA) is 93.8 Å². The summed E-state index contributed by atoms with van der Waals surface area (Å²) in [6.07, 6.45) is 3.62. The minimum atomic E-state index is -0.635. The third kappa shape index (κ3) is 4.43. The van der Waals surface area contributed by atoms with E-state index in [9.17, 15) is 14.4 Å². The number of nitrogens with zero attached hydrogens (tertiary/aromatic N) is 2. The number of methoxy groups -OCH3 is 1. The maximum absolute atomic E-state index is 13.0. The van der Waals surface area contributed by atoms with E-state index in [2.05, 4.69) is 14.6 Å². The predicted molar refractivity (Wildman–Crippen MR) is 130 cm³/mol. The van der Waals surface area contributed by atoms with Crippen molar-refractivity contribution in [2.75, 3.05) is 7.11 Å². The molecule has 1 N–H and O–H groups in total. The van der Waals surface area contributed by atoms with Crippen LogP contribution in [0.5, 0.6) is 0 Å². The van der Waals surface area contributed by atoms with E-state index in [1.54, 1.807) is 6.08 Å². The highest BCUT2D eigenvalue weighted by Gasteiger charge is 2.34. The number of benzene rings is 2. The zero-order valence-electron chi connectivity index (χ0n) is 18.7. The normalized spacial score (nSPS) is 14.7. The van der Waals surface area contributed by atoms with E-state index in [1.807, 2.05) is 54.7 Å². The minimum absolute atomic E-state index is 0.00110. The van der Waals surface area contributed by atoms with Crippen molar-refractivity contribution in [1.82, 2.24) is 14.8 Å². The number of hydrogen-bond donors (Lipinski definition) is 1. The van der Waals surface area contributed by atoms with Crippen LogP contribution in [0.2, 0.25) is 5.02 Å². The lowest BCUT2D eigenvalue weighted by molar-refractivity contribution is -0.123. The van der Waals surface area contributed by atoms with Gasteiger partial charge in [0.2, 0.25) is 5.76 Å². The van der Waals surface area contributed by atoms with Gasteiger partial charge in [0.1, 0.15) is 11.5 Å². The standard InChI is InChI=1S/C26H20ClN3O5/c1-34-25(32)23-11-10-19(35-23)15-30-24(31)21(28-26(30)33)12-17-14-29(22-5-3-2-4-20(17)22)13-16-6-8-18(27)9-7-16/h2-12,14H,13,15H2,1H3,(H,28,33). The van der Waals surface area contributed by atoms with Gasteiger partial charge in [0, 0.05) is 34.2 Å². The molecule has 0 atom stereocenters. The molecule has 1 saturated heterocycles. The molecule has 1 aliphatic rings. The first kappa shape index (κ1) is 22.5. The van der Waals surface area contributed by atoms with Gasteiger partial charge in [-0.15, -0.1) is 0 Å². The fourth-order valence-electron chi connectivity index (χ4n) is 4.01. The summed E-state index contributed by atoms with van der Waals surface area (Å²) in [5.74, 6) is -0.835. The van der Waals surface area contributed by atoms with Crippen LogP contribution in [0.1, 0.15) is 27.4 Å². The van der Waals surface area contributed by atoms with Crippen molar-refractivity contribution in [2.45, 2.75) is 13.1 Å². The Kier molecular flexibility index (Phi) is 5.88. The fourth-order valence-corrected chi connectivity index (χ4v) is 4.13. The number of ether oxygens (including phenoxy) is 1. The van der Waals surface area contributed by atoms with Crippen LogP contribution in [0.4, 0.5) is 4.79 Å². The monoisotopic (exact) mass is 489 g/mol. The second-order valence-electron chi connectivity index (χ2n) is 7.99. The molecule has 1 aliphatic heterocycles. The Morgan fingerprint density at radius 3 is 2.60 bits per heavy atom. The van der Waals surface area contributed by atoms with Gasteiger partial charge in [0.05, 0.1) is 13.7 Å². The summed E-state index contributed by atoms with van der Waals surface area (Å²) < 4.78 is 12.1. The molecule has 0 unspecified atom stereocenters. The molecule has 0 spiro atoms. The Morgan fingerprint density at radius 2 is 1.83 bits per heavy atom. The summed E-state index contributed by atoms with van der Waals surface area (Å²) in [4.78, 5) is 38.2. The van der Waals surface area contributed by atoms with Crippen LogP contribution in [0, 0.1) is 0 Å². The number of urea groups is 1. The van der Waals surface area contributed by atoms with Gasteiger partial charge in [-0.25, -0.2) is 9.59 Å². The Bertz CT molecular complexity index is 1480. The molecule has 3 amide bonds. The lowest BCUT2D eigenvalue weighted by Gasteiger charge is -2.09. The second-order valence-corrected chi connectivity index (χ2v) is 8.43. The number of furan rings is 1. The molecule has 176 valence electrons. The van der Waals surface area contributed by atoms with E-state index >= 15 is 0 Å². The third-order valence-electron chi connectivity index (χ3n) is 5.71. The number of aromatic nitrogens is 1. The molecule has 0 aliphatic carbocycles. The van der Waals surface area contributed by atoms with Crippen molar-refractivity contribution in [3.8, 4) is 0 Å². The Morgan fingerprint density at radius 1 is 1.06 bits per heavy atom. The molecule has 2 aromatic carbocycles. The SMILES string of the molecule is COC(=O)c1ccc(CN2C(=O)NC(=Cc3cn(Cc4ccc(Cl)cc4)c4ccccc34)C2=O)o1. The molecule has 5 rings (SSSR count). The molecule has 1 fully saturated rings. The molecule has 3 heterocycles. The molecule has 2 aromatic heterocycles. The quantitative estimate of drug-likeness (QED) is 0.238. The fraction of sp³-hybridized carbons (Fsp3) is 0.115. The maximum atomic E-state index is 13.0. The smallest absolute Gasteiger partial charge is 0.373 e. The number of fused-ring (bicyclic) bond motifs is 1. The largest absolute Gasteiger partial charge is 0.463 e. The van der Waals surface area contributed by atoms with Crippen LogP contribution in [0.15, 0.2) is 77.0 Å². The van der Waals surface area contributed by atoms with Crippen molar-refractivity contribution in [3.63, 3.8) is 0 Å². The van der Waals surface area contributed by atoms with Crippen LogP contribution in [-0.2, 0) is 22.6 Å². The first-order valence-electron chi connectivity index (χ1n) is 10.8. The number of para-hydroxylation sites is 1. The molecule has 0 bridgehead atoms. The second kappa shape index (κ2) is 9.15. The van der Waals surface area contributed by atoms with Crippen LogP contribution in [-0.4, -0.2) is 34.5 Å². The predicted octanol–water partition coefficient (Wildman–Crippen LogP) is 4.82. The molecular formula is C26H20ClN3O5. The Balaban J connectivity index is 1.41. The number of carbonyl (C=O) groups excluding carboxylic acids is 3. The van der Waals surface area contributed by atoms with Crippen molar-refractivity contribution in [1.29, 1.82) is 0 Å². The van der Waals surface area contributed by atoms with E-state index in [1.165, 1.54) is 19.2 Å². The average Bonchev–Trinajstić information content (AvgIpc) is 3.54. The van der Waals surface area contributed by atoms with Gasteiger partial charge in [-0.1, -0.05) is 41.9 Å². The number of halogens is 1. The van der Waals surface area contributed by atoms with Crippen molar-refractivity contribution >= 4 is 46.5 Å². The van der Waals surface area contributed by atoms with E-state index in [0.29, 0.717) is 11.6 Å². The first-order valence-corrected chi connectivity index (χ1v) is 11.1. The van der Waals surface area contributed by atoms with Crippen molar-refractivity contribution in [2.24, 2.45) is 0 Å². The lowest BCUT2D eigenvalue weighted by atomic mass is 10.1. The Hall–Kier alpha value is -4.30. The van der Waals surface area contributed by atoms with Gasteiger partial charge in [-0.2, -0.15) is 0 Å². The number of amides is 3. The number of imide groups is 1. The van der Waals surface area contributed by atoms with Gasteiger partial charge in [0.15, 0.2) is 0 Å². The average molecular weight is 490 g/mol. The van der Waals surface area contributed by atoms with E-state index in [-0.39, 0.29) is 23.8 Å². The lowest BCUT2D eigenvalue weighted by Crippen LogP contribution is -2.30. The maximum Gasteiger partial charge on any atom is 0.373 e. The van der Waals surface area contributed by atoms with Crippen LogP contribution < -0.4 is 5.32 Å². The van der Waals surface area contributed by atoms with Crippen LogP contribution >= 0.6 is 11.6 Å². The molecule has 0 saturated carbocycles. The number of hydrogen-bond acceptors (Lipinski definition) is 5. The highest BCUT2D eigenvalue weighted by Crippen LogP contribution is 2.26. The molecule has 9 heteroatoms. The molecule has 8 nitrogen and oxygen atoms in total. The van der Waals surface area contributed by atoms with Gasteiger partial charge in [0.25, 0.3) is 5.91 Å². The number of esters is 1. The summed E-state index contributed by atoms with van der Waals surface area (Å²) in [6, 6.07) is 17.9. The number of carbonyl (C=O) groups is 3. The summed E-state index contributed by atoms with van der Waals surface area (Å²) in [6.45, 7) is 0.506. The highest BCUT2D eigenvalue weighted by molar-refractivity contribution is 6.30. The first-order chi connectivity index (χ1) is 16.9. The minimum Gasteiger partial charge on any atom is -0.463 e. The van der Waals surface area contributed by atoms with E-state index in [4.69, 9.17) is 16.0 Å². The van der Waals surface area contributed by atoms with Gasteiger partial charge < -0.3 is 19.0 Å². The molecule has 0 radical (unpaired) electrons. The summed E-state index contributed by atoms with van der Waals surface area (Å²) in [5, 5.41) is 4.26. The van der Waals surface area contributed by atoms with E-state index < -0.39 is 17.9 Å². The van der Waals surface area contributed by atoms with Crippen LogP contribution in [0.25, 0.3) is 17.0 Å². The summed E-state index contributed by atoms with van der Waals surface area (Å²) >= 11 is 6.01. The summed E-state index contributed by atoms with van der Waals surface area (Å²) in [7, 11) is 1.24. The zero-order chi connectivity index (χ0) is 24.5. The number of nitrogens with one attached hydrogen (secondary N) is 1. The van der Waals surface area contributed by atoms with Crippen molar-refractivity contribution in [3.05, 3.63) is 100 Å². The van der Waals surface area contributed by atoms with Gasteiger partial charge in [-0.3, -0.25) is 9.69 Å². The molecule has 35 heavy (non-hydrogen) atoms. The van der Waals surface area contributed by atoms with Gasteiger partial charge >= 0.3 is 12.0 Å². The molecule has 4 aromatic rings. The van der Waals surface area contributed by atoms with E-state index in [0.717, 1.165) is 26.9 Å². The summed E-state index contributed by atoms with van der Waals surface area (Å²) in [5.41, 5.74) is 3.03. The highest BCUT2D eigenvalue weighted by atomic mass is 35.5. The number of rotatable bonds is 6. The third-order valence-corrected chi connectivity index (χ3v) is 5.96.